The van der Waals surface area contributed by atoms with Gasteiger partial charge in [0.1, 0.15) is 0 Å². The molecule has 3 rings (SSSR count). The molecular formula is C25H40N4OS. The van der Waals surface area contributed by atoms with E-state index >= 15 is 0 Å². The molecule has 0 spiro atoms. The van der Waals surface area contributed by atoms with E-state index in [4.69, 9.17) is 0 Å². The van der Waals surface area contributed by atoms with Gasteiger partial charge < -0.3 is 15.5 Å². The fraction of sp³-hybridized carbons (Fsp3) is 0.680. The highest BCUT2D eigenvalue weighted by Gasteiger charge is 2.31. The molecule has 1 aromatic rings. The number of carbonyl (C=O) groups is 1. The third-order valence-electron chi connectivity index (χ3n) is 7.30. The summed E-state index contributed by atoms with van der Waals surface area (Å²) in [5, 5.41) is 7.23. The first kappa shape index (κ1) is 24.0. The van der Waals surface area contributed by atoms with Crippen LogP contribution < -0.4 is 10.6 Å². The van der Waals surface area contributed by atoms with Crippen molar-refractivity contribution in [3.05, 3.63) is 35.9 Å². The first-order chi connectivity index (χ1) is 15.1. The fourth-order valence-corrected chi connectivity index (χ4v) is 5.87. The zero-order valence-electron chi connectivity index (χ0n) is 19.5. The molecule has 1 heterocycles. The van der Waals surface area contributed by atoms with Crippen LogP contribution in [0.2, 0.25) is 0 Å². The van der Waals surface area contributed by atoms with Gasteiger partial charge >= 0.3 is 0 Å². The molecule has 2 N–H and O–H groups in total. The summed E-state index contributed by atoms with van der Waals surface area (Å²) in [4.78, 5) is 19.4. The van der Waals surface area contributed by atoms with Crippen molar-refractivity contribution in [3.8, 4) is 0 Å². The highest BCUT2D eigenvalue weighted by molar-refractivity contribution is 7.99. The summed E-state index contributed by atoms with van der Waals surface area (Å²) in [6.45, 7) is 7.26. The van der Waals surface area contributed by atoms with Gasteiger partial charge in [0.15, 0.2) is 5.96 Å². The summed E-state index contributed by atoms with van der Waals surface area (Å²) >= 11 is 1.96. The zero-order chi connectivity index (χ0) is 22.1. The van der Waals surface area contributed by atoms with Crippen molar-refractivity contribution in [2.75, 3.05) is 38.2 Å². The van der Waals surface area contributed by atoms with E-state index in [-0.39, 0.29) is 11.3 Å². The molecule has 0 atom stereocenters. The van der Waals surface area contributed by atoms with Gasteiger partial charge in [0, 0.05) is 55.6 Å². The van der Waals surface area contributed by atoms with Crippen LogP contribution >= 0.6 is 11.8 Å². The van der Waals surface area contributed by atoms with E-state index < -0.39 is 0 Å². The lowest BCUT2D eigenvalue weighted by molar-refractivity contribution is -0.136. The van der Waals surface area contributed by atoms with Crippen molar-refractivity contribution in [2.45, 2.75) is 63.8 Å². The largest absolute Gasteiger partial charge is 0.356 e. The molecule has 172 valence electrons. The summed E-state index contributed by atoms with van der Waals surface area (Å²) < 4.78 is 0. The number of aliphatic imine (C=N–C) groups is 1. The molecule has 1 aliphatic heterocycles. The Labute approximate surface area is 192 Å². The monoisotopic (exact) mass is 444 g/mol. The minimum atomic E-state index is 0.107. The van der Waals surface area contributed by atoms with Crippen molar-refractivity contribution in [3.63, 3.8) is 0 Å². The molecule has 1 saturated carbocycles. The molecule has 0 radical (unpaired) electrons. The molecule has 2 aliphatic rings. The molecule has 0 bridgehead atoms. The Morgan fingerprint density at radius 3 is 2.32 bits per heavy atom. The second-order valence-electron chi connectivity index (χ2n) is 8.91. The highest BCUT2D eigenvalue weighted by Crippen LogP contribution is 2.31. The first-order valence-corrected chi connectivity index (χ1v) is 13.2. The Morgan fingerprint density at radius 1 is 1.10 bits per heavy atom. The normalized spacial score (nSPS) is 22.8. The number of benzene rings is 1. The van der Waals surface area contributed by atoms with E-state index in [2.05, 4.69) is 64.7 Å². The number of thioether (sulfide) groups is 1. The second-order valence-corrected chi connectivity index (χ2v) is 10.1. The summed E-state index contributed by atoms with van der Waals surface area (Å²) in [6.07, 6.45) is 6.19. The van der Waals surface area contributed by atoms with E-state index in [9.17, 15) is 4.79 Å². The van der Waals surface area contributed by atoms with E-state index in [0.717, 1.165) is 75.6 Å². The van der Waals surface area contributed by atoms with Gasteiger partial charge in [0.25, 0.3) is 0 Å². The topological polar surface area (TPSA) is 56.7 Å². The van der Waals surface area contributed by atoms with Crippen LogP contribution in [0.3, 0.4) is 0 Å². The maximum atomic E-state index is 12.8. The Morgan fingerprint density at radius 2 is 1.74 bits per heavy atom. The minimum absolute atomic E-state index is 0.107. The standard InChI is InChI=1S/C25H40N4OS/c1-4-25(5-2,21-9-7-6-8-10-21)19-27-24(26-3)28-22-13-11-20(12-14-22)23(30)29-15-17-31-18-16-29/h6-10,20,22H,4-5,11-19H2,1-3H3,(H2,26,27,28). The molecule has 1 aliphatic carbocycles. The van der Waals surface area contributed by atoms with Crippen molar-refractivity contribution >= 4 is 23.6 Å². The molecule has 1 saturated heterocycles. The number of amides is 1. The van der Waals surface area contributed by atoms with Crippen molar-refractivity contribution in [2.24, 2.45) is 10.9 Å². The average Bonchev–Trinajstić information content (AvgIpc) is 2.85. The first-order valence-electron chi connectivity index (χ1n) is 12.0. The fourth-order valence-electron chi connectivity index (χ4n) is 4.97. The maximum Gasteiger partial charge on any atom is 0.225 e. The molecule has 0 unspecified atom stereocenters. The molecule has 1 aromatic carbocycles. The third kappa shape index (κ3) is 6.18. The van der Waals surface area contributed by atoms with Gasteiger partial charge in [0.05, 0.1) is 0 Å². The molecule has 6 heteroatoms. The van der Waals surface area contributed by atoms with Crippen molar-refractivity contribution in [1.29, 1.82) is 0 Å². The zero-order valence-corrected chi connectivity index (χ0v) is 20.3. The van der Waals surface area contributed by atoms with Crippen LogP contribution in [0.4, 0.5) is 0 Å². The number of hydrogen-bond acceptors (Lipinski definition) is 3. The Bertz CT molecular complexity index is 705. The van der Waals surface area contributed by atoms with Gasteiger partial charge in [-0.25, -0.2) is 0 Å². The Balaban J connectivity index is 1.50. The van der Waals surface area contributed by atoms with Gasteiger partial charge in [-0.2, -0.15) is 11.8 Å². The van der Waals surface area contributed by atoms with Crippen molar-refractivity contribution < 1.29 is 4.79 Å². The third-order valence-corrected chi connectivity index (χ3v) is 8.24. The van der Waals surface area contributed by atoms with Crippen LogP contribution in [0.1, 0.15) is 57.9 Å². The van der Waals surface area contributed by atoms with Crippen LogP contribution in [0.15, 0.2) is 35.3 Å². The predicted octanol–water partition coefficient (Wildman–Crippen LogP) is 4.04. The minimum Gasteiger partial charge on any atom is -0.356 e. The number of hydrogen-bond donors (Lipinski definition) is 2. The number of guanidine groups is 1. The lowest BCUT2D eigenvalue weighted by atomic mass is 9.76. The van der Waals surface area contributed by atoms with Gasteiger partial charge in [-0.3, -0.25) is 9.79 Å². The average molecular weight is 445 g/mol. The smallest absolute Gasteiger partial charge is 0.225 e. The number of nitrogens with one attached hydrogen (secondary N) is 2. The van der Waals surface area contributed by atoms with Crippen LogP contribution in [0, 0.1) is 5.92 Å². The quantitative estimate of drug-likeness (QED) is 0.492. The van der Waals surface area contributed by atoms with E-state index in [1.54, 1.807) is 0 Å². The molecule has 5 nitrogen and oxygen atoms in total. The number of rotatable bonds is 7. The summed E-state index contributed by atoms with van der Waals surface area (Å²) in [7, 11) is 1.85. The van der Waals surface area contributed by atoms with Crippen molar-refractivity contribution in [1.82, 2.24) is 15.5 Å². The summed E-state index contributed by atoms with van der Waals surface area (Å²) in [5.74, 6) is 3.65. The van der Waals surface area contributed by atoms with Crippen LogP contribution in [-0.4, -0.2) is 61.0 Å². The molecular weight excluding hydrogens is 404 g/mol. The van der Waals surface area contributed by atoms with Gasteiger partial charge in [-0.1, -0.05) is 44.2 Å². The summed E-state index contributed by atoms with van der Waals surface area (Å²) in [5.41, 5.74) is 1.49. The van der Waals surface area contributed by atoms with E-state index in [1.807, 2.05) is 18.8 Å². The van der Waals surface area contributed by atoms with Gasteiger partial charge in [-0.15, -0.1) is 0 Å². The molecule has 31 heavy (non-hydrogen) atoms. The molecule has 1 amide bonds. The van der Waals surface area contributed by atoms with Crippen LogP contribution in [0.25, 0.3) is 0 Å². The van der Waals surface area contributed by atoms with E-state index in [0.29, 0.717) is 11.9 Å². The highest BCUT2D eigenvalue weighted by atomic mass is 32.2. The summed E-state index contributed by atoms with van der Waals surface area (Å²) in [6, 6.07) is 11.2. The van der Waals surface area contributed by atoms with Crippen LogP contribution in [-0.2, 0) is 10.2 Å². The second kappa shape index (κ2) is 11.8. The van der Waals surface area contributed by atoms with Crippen LogP contribution in [0.5, 0.6) is 0 Å². The van der Waals surface area contributed by atoms with Gasteiger partial charge in [0.2, 0.25) is 5.91 Å². The Hall–Kier alpha value is -1.69. The predicted molar refractivity (Wildman–Crippen MR) is 133 cm³/mol. The number of nitrogens with zero attached hydrogens (tertiary/aromatic N) is 2. The lowest BCUT2D eigenvalue weighted by Gasteiger charge is -2.35. The molecule has 2 fully saturated rings. The maximum absolute atomic E-state index is 12.8. The Kier molecular flexibility index (Phi) is 9.12. The van der Waals surface area contributed by atoms with Gasteiger partial charge in [-0.05, 0) is 44.1 Å². The SMILES string of the molecule is CCC(CC)(CNC(=NC)NC1CCC(C(=O)N2CCSCC2)CC1)c1ccccc1. The van der Waals surface area contributed by atoms with E-state index in [1.165, 1.54) is 5.56 Å². The molecule has 0 aromatic heterocycles. The number of carbonyl (C=O) groups excluding carboxylic acids is 1. The lowest BCUT2D eigenvalue weighted by Crippen LogP contribution is -2.50.